The van der Waals surface area contributed by atoms with Crippen LogP contribution in [0.5, 0.6) is 0 Å². The van der Waals surface area contributed by atoms with Gasteiger partial charge in [-0.2, -0.15) is 0 Å². The van der Waals surface area contributed by atoms with Gasteiger partial charge in [-0.05, 0) is 12.1 Å². The Balaban J connectivity index is 1.60. The van der Waals surface area contributed by atoms with Crippen molar-refractivity contribution in [2.45, 2.75) is 6.04 Å². The second kappa shape index (κ2) is 6.38. The molecule has 2 unspecified atom stereocenters. The molecule has 0 radical (unpaired) electrons. The molecule has 21 heavy (non-hydrogen) atoms. The van der Waals surface area contributed by atoms with Gasteiger partial charge in [-0.15, -0.1) is 0 Å². The third kappa shape index (κ3) is 3.31. The van der Waals surface area contributed by atoms with Gasteiger partial charge in [-0.25, -0.2) is 4.98 Å². The van der Waals surface area contributed by atoms with Crippen molar-refractivity contribution in [1.29, 1.82) is 0 Å². The summed E-state index contributed by atoms with van der Waals surface area (Å²) < 4.78 is 10.5. The van der Waals surface area contributed by atoms with Gasteiger partial charge >= 0.3 is 0 Å². The highest BCUT2D eigenvalue weighted by atomic mass is 16.5. The lowest BCUT2D eigenvalue weighted by Crippen LogP contribution is -2.37. The van der Waals surface area contributed by atoms with Crippen molar-refractivity contribution in [3.05, 3.63) is 18.3 Å². The molecule has 0 aromatic carbocycles. The maximum absolute atomic E-state index is 12.1. The minimum absolute atomic E-state index is 0.110. The van der Waals surface area contributed by atoms with Crippen LogP contribution in [0, 0.1) is 5.92 Å². The van der Waals surface area contributed by atoms with E-state index in [1.165, 1.54) is 0 Å². The van der Waals surface area contributed by atoms with Gasteiger partial charge in [0.15, 0.2) is 0 Å². The highest BCUT2D eigenvalue weighted by Crippen LogP contribution is 2.18. The van der Waals surface area contributed by atoms with Gasteiger partial charge in [0.2, 0.25) is 5.91 Å². The first-order valence-electron chi connectivity index (χ1n) is 7.17. The molecule has 0 bridgehead atoms. The van der Waals surface area contributed by atoms with Crippen molar-refractivity contribution in [3.8, 4) is 0 Å². The lowest BCUT2D eigenvalue weighted by molar-refractivity contribution is -0.120. The smallest absolute Gasteiger partial charge is 0.231 e. The molecule has 2 saturated heterocycles. The lowest BCUT2D eigenvalue weighted by Gasteiger charge is -2.27. The summed E-state index contributed by atoms with van der Waals surface area (Å²) >= 11 is 0. The number of morpholine rings is 1. The summed E-state index contributed by atoms with van der Waals surface area (Å²) in [6.45, 7) is 3.94. The summed E-state index contributed by atoms with van der Waals surface area (Å²) in [5.41, 5.74) is 6.51. The molecule has 2 aliphatic heterocycles. The van der Waals surface area contributed by atoms with E-state index in [0.717, 1.165) is 32.1 Å². The predicted octanol–water partition coefficient (Wildman–Crippen LogP) is -0.170. The van der Waals surface area contributed by atoms with E-state index < -0.39 is 0 Å². The molecule has 1 aromatic heterocycles. The molecule has 7 heteroatoms. The van der Waals surface area contributed by atoms with Crippen LogP contribution in [-0.2, 0) is 14.3 Å². The molecule has 1 aromatic rings. The number of hydrogen-bond donors (Lipinski definition) is 2. The fraction of sp³-hybridized carbons (Fsp3) is 0.571. The van der Waals surface area contributed by atoms with E-state index in [1.807, 2.05) is 12.1 Å². The molecule has 1 amide bonds. The van der Waals surface area contributed by atoms with E-state index in [-0.39, 0.29) is 17.9 Å². The summed E-state index contributed by atoms with van der Waals surface area (Å²) in [6.07, 6.45) is 1.67. The van der Waals surface area contributed by atoms with E-state index in [9.17, 15) is 4.79 Å². The number of nitrogens with one attached hydrogen (secondary N) is 1. The van der Waals surface area contributed by atoms with Crippen molar-refractivity contribution in [2.24, 2.45) is 11.7 Å². The number of carbonyl (C=O) groups is 1. The summed E-state index contributed by atoms with van der Waals surface area (Å²) in [4.78, 5) is 18.6. The van der Waals surface area contributed by atoms with Gasteiger partial charge in [-0.1, -0.05) is 0 Å². The fourth-order valence-electron chi connectivity index (χ4n) is 2.52. The number of nitrogens with two attached hydrogens (primary N) is 1. The molecule has 114 valence electrons. The molecular weight excluding hydrogens is 272 g/mol. The minimum atomic E-state index is -0.288. The highest BCUT2D eigenvalue weighted by molar-refractivity contribution is 5.93. The van der Waals surface area contributed by atoms with Gasteiger partial charge in [-0.3, -0.25) is 4.79 Å². The first kappa shape index (κ1) is 14.2. The average molecular weight is 292 g/mol. The Bertz CT molecular complexity index is 487. The average Bonchev–Trinajstić information content (AvgIpc) is 2.95. The molecule has 7 nitrogen and oxygen atoms in total. The van der Waals surface area contributed by atoms with E-state index in [1.54, 1.807) is 6.20 Å². The van der Waals surface area contributed by atoms with Crippen molar-refractivity contribution < 1.29 is 14.3 Å². The van der Waals surface area contributed by atoms with Gasteiger partial charge in [0.05, 0.1) is 44.2 Å². The van der Waals surface area contributed by atoms with Crippen LogP contribution in [0.2, 0.25) is 0 Å². The Morgan fingerprint density at radius 1 is 1.29 bits per heavy atom. The number of carbonyl (C=O) groups excluding carboxylic acids is 1. The number of amides is 1. The summed E-state index contributed by atoms with van der Waals surface area (Å²) in [6, 6.07) is 3.54. The summed E-state index contributed by atoms with van der Waals surface area (Å²) in [5, 5.41) is 2.84. The minimum Gasteiger partial charge on any atom is -0.379 e. The van der Waals surface area contributed by atoms with Gasteiger partial charge in [0.1, 0.15) is 5.82 Å². The Hall–Kier alpha value is -1.70. The zero-order chi connectivity index (χ0) is 14.7. The van der Waals surface area contributed by atoms with Crippen molar-refractivity contribution in [2.75, 3.05) is 49.7 Å². The fourth-order valence-corrected chi connectivity index (χ4v) is 2.52. The molecule has 2 aliphatic rings. The van der Waals surface area contributed by atoms with Crippen LogP contribution >= 0.6 is 0 Å². The third-order valence-corrected chi connectivity index (χ3v) is 3.81. The molecule has 3 N–H and O–H groups in total. The summed E-state index contributed by atoms with van der Waals surface area (Å²) in [7, 11) is 0. The number of rotatable bonds is 3. The molecule has 3 heterocycles. The van der Waals surface area contributed by atoms with Gasteiger partial charge < -0.3 is 25.4 Å². The van der Waals surface area contributed by atoms with E-state index in [2.05, 4.69) is 15.2 Å². The Kier molecular flexibility index (Phi) is 4.33. The van der Waals surface area contributed by atoms with Crippen LogP contribution in [0.1, 0.15) is 0 Å². The molecule has 2 fully saturated rings. The van der Waals surface area contributed by atoms with E-state index in [0.29, 0.717) is 18.9 Å². The van der Waals surface area contributed by atoms with Crippen molar-refractivity contribution in [1.82, 2.24) is 4.98 Å². The van der Waals surface area contributed by atoms with Crippen LogP contribution in [0.15, 0.2) is 18.3 Å². The standard InChI is InChI=1S/C14H20N4O3/c15-12-9-21-8-11(12)14(19)17-10-1-2-13(16-7-10)18-3-5-20-6-4-18/h1-2,7,11-12H,3-6,8-9,15H2,(H,17,19). The Labute approximate surface area is 123 Å². The number of ether oxygens (including phenoxy) is 2. The first-order chi connectivity index (χ1) is 10.2. The Morgan fingerprint density at radius 3 is 2.71 bits per heavy atom. The SMILES string of the molecule is NC1COCC1C(=O)Nc1ccc(N2CCOCC2)nc1. The lowest BCUT2D eigenvalue weighted by atomic mass is 10.0. The molecule has 0 saturated carbocycles. The number of nitrogens with zero attached hydrogens (tertiary/aromatic N) is 2. The number of aromatic nitrogens is 1. The monoisotopic (exact) mass is 292 g/mol. The van der Waals surface area contributed by atoms with Crippen LogP contribution < -0.4 is 16.0 Å². The van der Waals surface area contributed by atoms with Gasteiger partial charge in [0.25, 0.3) is 0 Å². The normalized spacial score (nSPS) is 25.9. The van der Waals surface area contributed by atoms with Crippen LogP contribution in [0.4, 0.5) is 11.5 Å². The largest absolute Gasteiger partial charge is 0.379 e. The summed E-state index contributed by atoms with van der Waals surface area (Å²) in [5.74, 6) is 0.502. The molecule has 3 rings (SSSR count). The van der Waals surface area contributed by atoms with Crippen LogP contribution in [-0.4, -0.2) is 56.5 Å². The van der Waals surface area contributed by atoms with Crippen molar-refractivity contribution in [3.63, 3.8) is 0 Å². The molecule has 0 spiro atoms. The zero-order valence-corrected chi connectivity index (χ0v) is 11.8. The second-order valence-corrected chi connectivity index (χ2v) is 5.30. The number of pyridine rings is 1. The number of anilines is 2. The quantitative estimate of drug-likeness (QED) is 0.804. The van der Waals surface area contributed by atoms with Gasteiger partial charge in [0, 0.05) is 19.1 Å². The third-order valence-electron chi connectivity index (χ3n) is 3.81. The zero-order valence-electron chi connectivity index (χ0n) is 11.8. The maximum atomic E-state index is 12.1. The van der Waals surface area contributed by atoms with Crippen LogP contribution in [0.3, 0.4) is 0 Å². The highest BCUT2D eigenvalue weighted by Gasteiger charge is 2.31. The molecular formula is C14H20N4O3. The molecule has 2 atom stereocenters. The van der Waals surface area contributed by atoms with E-state index >= 15 is 0 Å². The molecule has 0 aliphatic carbocycles. The first-order valence-corrected chi connectivity index (χ1v) is 7.17. The predicted molar refractivity (Wildman–Crippen MR) is 78.2 cm³/mol. The topological polar surface area (TPSA) is 89.7 Å². The number of hydrogen-bond acceptors (Lipinski definition) is 6. The Morgan fingerprint density at radius 2 is 2.10 bits per heavy atom. The van der Waals surface area contributed by atoms with E-state index in [4.69, 9.17) is 15.2 Å². The van der Waals surface area contributed by atoms with Crippen molar-refractivity contribution >= 4 is 17.4 Å². The van der Waals surface area contributed by atoms with Crippen LogP contribution in [0.25, 0.3) is 0 Å². The maximum Gasteiger partial charge on any atom is 0.231 e. The second-order valence-electron chi connectivity index (χ2n) is 5.30.